The summed E-state index contributed by atoms with van der Waals surface area (Å²) in [6.07, 6.45) is 7.06. The van der Waals surface area contributed by atoms with Crippen molar-refractivity contribution < 1.29 is 0 Å². The van der Waals surface area contributed by atoms with Gasteiger partial charge in [0.05, 0.1) is 0 Å². The Bertz CT molecular complexity index is 180. The normalized spacial score (nSPS) is 27.4. The van der Waals surface area contributed by atoms with Crippen molar-refractivity contribution in [1.29, 1.82) is 0 Å². The summed E-state index contributed by atoms with van der Waals surface area (Å²) < 4.78 is 0. The summed E-state index contributed by atoms with van der Waals surface area (Å²) in [5.41, 5.74) is 0. The lowest BCUT2D eigenvalue weighted by molar-refractivity contribution is 0.170. The Kier molecular flexibility index (Phi) is 6.37. The highest BCUT2D eigenvalue weighted by molar-refractivity contribution is 4.81. The fraction of sp³-hybridized carbons (Fsp3) is 1.00. The highest BCUT2D eigenvalue weighted by Gasteiger charge is 2.24. The highest BCUT2D eigenvalue weighted by atomic mass is 15.1. The molecule has 0 heterocycles. The predicted octanol–water partition coefficient (Wildman–Crippen LogP) is 2.89. The molecule has 0 radical (unpaired) electrons. The van der Waals surface area contributed by atoms with Gasteiger partial charge >= 0.3 is 0 Å². The molecule has 2 heteroatoms. The van der Waals surface area contributed by atoms with Gasteiger partial charge in [-0.15, -0.1) is 0 Å². The maximum Gasteiger partial charge on any atom is 0.0104 e. The van der Waals surface area contributed by atoms with Crippen LogP contribution in [0.2, 0.25) is 0 Å². The number of hydrogen-bond acceptors (Lipinski definition) is 2. The molecule has 16 heavy (non-hydrogen) atoms. The predicted molar refractivity (Wildman–Crippen MR) is 71.8 cm³/mol. The summed E-state index contributed by atoms with van der Waals surface area (Å²) >= 11 is 0. The molecule has 2 unspecified atom stereocenters. The smallest absolute Gasteiger partial charge is 0.0104 e. The van der Waals surface area contributed by atoms with Crippen LogP contribution in [0.4, 0.5) is 0 Å². The third kappa shape index (κ3) is 4.06. The Hall–Kier alpha value is -0.0800. The first-order valence-electron chi connectivity index (χ1n) is 7.10. The van der Waals surface area contributed by atoms with E-state index in [1.807, 2.05) is 0 Å². The van der Waals surface area contributed by atoms with Gasteiger partial charge in [-0.2, -0.15) is 0 Å². The summed E-state index contributed by atoms with van der Waals surface area (Å²) in [7, 11) is 2.13. The summed E-state index contributed by atoms with van der Waals surface area (Å²) in [4.78, 5) is 2.61. The van der Waals surface area contributed by atoms with E-state index in [2.05, 4.69) is 38.0 Å². The van der Waals surface area contributed by atoms with Crippen LogP contribution >= 0.6 is 0 Å². The van der Waals surface area contributed by atoms with Gasteiger partial charge in [0.25, 0.3) is 0 Å². The molecular weight excluding hydrogens is 196 g/mol. The molecule has 0 saturated heterocycles. The molecule has 1 aliphatic carbocycles. The minimum absolute atomic E-state index is 0.686. The maximum atomic E-state index is 3.54. The van der Waals surface area contributed by atoms with Crippen molar-refractivity contribution in [2.45, 2.75) is 65.0 Å². The molecule has 1 fully saturated rings. The van der Waals surface area contributed by atoms with E-state index in [4.69, 9.17) is 0 Å². The van der Waals surface area contributed by atoms with E-state index in [-0.39, 0.29) is 0 Å². The second-order valence-electron chi connectivity index (χ2n) is 5.47. The van der Waals surface area contributed by atoms with Gasteiger partial charge in [-0.25, -0.2) is 0 Å². The van der Waals surface area contributed by atoms with Crippen LogP contribution in [-0.4, -0.2) is 37.1 Å². The topological polar surface area (TPSA) is 15.3 Å². The van der Waals surface area contributed by atoms with Crippen LogP contribution in [0.1, 0.15) is 52.9 Å². The van der Waals surface area contributed by atoms with E-state index in [9.17, 15) is 0 Å². The summed E-state index contributed by atoms with van der Waals surface area (Å²) in [6.45, 7) is 9.37. The Morgan fingerprint density at radius 2 is 1.88 bits per heavy atom. The molecular formula is C14H30N2. The zero-order chi connectivity index (χ0) is 12.0. The average Bonchev–Trinajstić information content (AvgIpc) is 2.49. The zero-order valence-corrected chi connectivity index (χ0v) is 11.6. The summed E-state index contributed by atoms with van der Waals surface area (Å²) in [5, 5.41) is 3.54. The molecule has 0 aromatic rings. The molecule has 96 valence electrons. The fourth-order valence-electron chi connectivity index (χ4n) is 2.99. The number of nitrogens with one attached hydrogen (secondary N) is 1. The first-order valence-corrected chi connectivity index (χ1v) is 7.10. The van der Waals surface area contributed by atoms with Crippen molar-refractivity contribution in [2.24, 2.45) is 5.92 Å². The van der Waals surface area contributed by atoms with Crippen LogP contribution in [0.3, 0.4) is 0 Å². The Morgan fingerprint density at radius 3 is 2.44 bits per heavy atom. The fourth-order valence-corrected chi connectivity index (χ4v) is 2.99. The first-order chi connectivity index (χ1) is 7.69. The largest absolute Gasteiger partial charge is 0.317 e. The molecule has 0 aromatic carbocycles. The van der Waals surface area contributed by atoms with Crippen LogP contribution in [0.5, 0.6) is 0 Å². The van der Waals surface area contributed by atoms with Gasteiger partial charge in [0, 0.05) is 18.6 Å². The zero-order valence-electron chi connectivity index (χ0n) is 11.6. The summed E-state index contributed by atoms with van der Waals surface area (Å²) in [5.74, 6) is 0.856. The van der Waals surface area contributed by atoms with E-state index in [0.717, 1.165) is 12.0 Å². The lowest BCUT2D eigenvalue weighted by Gasteiger charge is -2.33. The number of nitrogens with zero attached hydrogens (tertiary/aromatic N) is 1. The van der Waals surface area contributed by atoms with Gasteiger partial charge in [-0.05, 0) is 46.2 Å². The lowest BCUT2D eigenvalue weighted by Crippen LogP contribution is -2.42. The molecule has 2 atom stereocenters. The molecule has 1 N–H and O–H groups in total. The highest BCUT2D eigenvalue weighted by Crippen LogP contribution is 2.24. The van der Waals surface area contributed by atoms with E-state index in [0.29, 0.717) is 6.04 Å². The van der Waals surface area contributed by atoms with Crippen molar-refractivity contribution in [3.63, 3.8) is 0 Å². The van der Waals surface area contributed by atoms with Crippen LogP contribution < -0.4 is 5.32 Å². The minimum atomic E-state index is 0.686. The minimum Gasteiger partial charge on any atom is -0.317 e. The van der Waals surface area contributed by atoms with Crippen molar-refractivity contribution in [2.75, 3.05) is 20.1 Å². The van der Waals surface area contributed by atoms with Gasteiger partial charge in [0.15, 0.2) is 0 Å². The van der Waals surface area contributed by atoms with Crippen LogP contribution in [0.15, 0.2) is 0 Å². The SMILES string of the molecule is CCN(CC1CCCCCC1NC)C(C)C. The third-order valence-electron chi connectivity index (χ3n) is 4.14. The van der Waals surface area contributed by atoms with Gasteiger partial charge in [-0.3, -0.25) is 0 Å². The molecule has 2 nitrogen and oxygen atoms in total. The van der Waals surface area contributed by atoms with Gasteiger partial charge in [0.2, 0.25) is 0 Å². The monoisotopic (exact) mass is 226 g/mol. The van der Waals surface area contributed by atoms with E-state index >= 15 is 0 Å². The van der Waals surface area contributed by atoms with Crippen molar-refractivity contribution in [3.8, 4) is 0 Å². The van der Waals surface area contributed by atoms with Gasteiger partial charge in [0.1, 0.15) is 0 Å². The molecule has 0 bridgehead atoms. The first kappa shape index (κ1) is 14.0. The van der Waals surface area contributed by atoms with Crippen LogP contribution in [-0.2, 0) is 0 Å². The second-order valence-corrected chi connectivity index (χ2v) is 5.47. The van der Waals surface area contributed by atoms with E-state index < -0.39 is 0 Å². The van der Waals surface area contributed by atoms with Crippen LogP contribution in [0.25, 0.3) is 0 Å². The quantitative estimate of drug-likeness (QED) is 0.725. The van der Waals surface area contributed by atoms with Crippen molar-refractivity contribution >= 4 is 0 Å². The Labute approximate surface area is 102 Å². The summed E-state index contributed by atoms with van der Waals surface area (Å²) in [6, 6.07) is 1.43. The van der Waals surface area contributed by atoms with Gasteiger partial charge < -0.3 is 10.2 Å². The third-order valence-corrected chi connectivity index (χ3v) is 4.14. The van der Waals surface area contributed by atoms with Crippen molar-refractivity contribution in [1.82, 2.24) is 10.2 Å². The number of hydrogen-bond donors (Lipinski definition) is 1. The maximum absolute atomic E-state index is 3.54. The Balaban J connectivity index is 2.53. The number of rotatable bonds is 5. The Morgan fingerprint density at radius 1 is 1.19 bits per heavy atom. The molecule has 0 aromatic heterocycles. The molecule has 1 aliphatic rings. The van der Waals surface area contributed by atoms with Gasteiger partial charge in [-0.1, -0.05) is 26.2 Å². The van der Waals surface area contributed by atoms with E-state index in [1.165, 1.54) is 45.2 Å². The molecule has 0 spiro atoms. The molecule has 0 amide bonds. The molecule has 1 saturated carbocycles. The molecule has 1 rings (SSSR count). The standard InChI is InChI=1S/C14H30N2/c1-5-16(12(2)3)11-13-9-7-6-8-10-14(13)15-4/h12-15H,5-11H2,1-4H3. The molecule has 0 aliphatic heterocycles. The second kappa shape index (κ2) is 7.29. The average molecular weight is 226 g/mol. The van der Waals surface area contributed by atoms with Crippen LogP contribution in [0, 0.1) is 5.92 Å². The van der Waals surface area contributed by atoms with Crippen molar-refractivity contribution in [3.05, 3.63) is 0 Å². The van der Waals surface area contributed by atoms with E-state index in [1.54, 1.807) is 0 Å². The lowest BCUT2D eigenvalue weighted by atomic mass is 9.94.